The third-order valence-electron chi connectivity index (χ3n) is 5.90. The molecule has 0 aromatic heterocycles. The van der Waals surface area contributed by atoms with Gasteiger partial charge in [0.05, 0.1) is 5.75 Å². The number of carbonyl (C=O) groups excluding carboxylic acids is 2. The number of carboxylic acids is 1. The van der Waals surface area contributed by atoms with Gasteiger partial charge in [-0.2, -0.15) is 11.8 Å². The number of hydrogen-bond donors (Lipinski definition) is 3. The van der Waals surface area contributed by atoms with Crippen molar-refractivity contribution in [2.75, 3.05) is 31.2 Å². The Morgan fingerprint density at radius 2 is 1.62 bits per heavy atom. The van der Waals surface area contributed by atoms with Crippen molar-refractivity contribution in [2.45, 2.75) is 32.1 Å². The Bertz CT molecular complexity index is 951. The van der Waals surface area contributed by atoms with Gasteiger partial charge < -0.3 is 20.5 Å². The topological polar surface area (TPSA) is 105 Å². The molecule has 7 nitrogen and oxygen atoms in total. The zero-order valence-corrected chi connectivity index (χ0v) is 20.2. The van der Waals surface area contributed by atoms with Crippen LogP contribution in [0.2, 0.25) is 0 Å². The van der Waals surface area contributed by atoms with Crippen LogP contribution in [0.1, 0.15) is 43.2 Å². The highest BCUT2D eigenvalue weighted by molar-refractivity contribution is 7.99. The quantitative estimate of drug-likeness (QED) is 0.367. The number of amides is 2. The second-order valence-corrected chi connectivity index (χ2v) is 9.59. The van der Waals surface area contributed by atoms with Crippen LogP contribution in [-0.2, 0) is 14.3 Å². The first-order chi connectivity index (χ1) is 16.5. The highest BCUT2D eigenvalue weighted by Crippen LogP contribution is 2.44. The van der Waals surface area contributed by atoms with E-state index in [1.807, 2.05) is 31.2 Å². The fourth-order valence-electron chi connectivity index (χ4n) is 4.06. The molecule has 0 aliphatic heterocycles. The number of carbonyl (C=O) groups is 3. The van der Waals surface area contributed by atoms with Crippen LogP contribution < -0.4 is 10.6 Å². The smallest absolute Gasteiger partial charge is 0.407 e. The molecule has 3 N–H and O–H groups in total. The van der Waals surface area contributed by atoms with Crippen LogP contribution in [0.25, 0.3) is 11.1 Å². The van der Waals surface area contributed by atoms with Gasteiger partial charge in [-0.05, 0) is 41.0 Å². The zero-order chi connectivity index (χ0) is 24.3. The van der Waals surface area contributed by atoms with E-state index in [4.69, 9.17) is 9.84 Å². The number of nitrogens with one attached hydrogen (secondary N) is 2. The molecule has 0 bridgehead atoms. The number of benzene rings is 2. The first kappa shape index (κ1) is 25.6. The minimum Gasteiger partial charge on any atom is -0.481 e. The summed E-state index contributed by atoms with van der Waals surface area (Å²) in [5, 5.41) is 14.3. The van der Waals surface area contributed by atoms with E-state index in [1.165, 1.54) is 34.0 Å². The highest BCUT2D eigenvalue weighted by atomic mass is 32.2. The molecule has 1 atom stereocenters. The zero-order valence-electron chi connectivity index (χ0n) is 19.4. The third kappa shape index (κ3) is 7.52. The maximum atomic E-state index is 12.2. The molecule has 34 heavy (non-hydrogen) atoms. The molecule has 1 aliphatic carbocycles. The van der Waals surface area contributed by atoms with Gasteiger partial charge in [0.25, 0.3) is 0 Å². The van der Waals surface area contributed by atoms with Gasteiger partial charge in [-0.25, -0.2) is 4.79 Å². The van der Waals surface area contributed by atoms with Crippen LogP contribution >= 0.6 is 11.8 Å². The molecule has 2 aromatic carbocycles. The Morgan fingerprint density at radius 1 is 0.971 bits per heavy atom. The average molecular weight is 485 g/mol. The maximum absolute atomic E-state index is 12.2. The summed E-state index contributed by atoms with van der Waals surface area (Å²) in [7, 11) is 0. The monoisotopic (exact) mass is 484 g/mol. The summed E-state index contributed by atoms with van der Waals surface area (Å²) in [5.74, 6) is 0.353. The van der Waals surface area contributed by atoms with Crippen molar-refractivity contribution >= 4 is 29.7 Å². The number of ether oxygens (including phenoxy) is 1. The first-order valence-electron chi connectivity index (χ1n) is 11.6. The highest BCUT2D eigenvalue weighted by Gasteiger charge is 2.28. The molecule has 3 rings (SSSR count). The SMILES string of the molecule is CC(CCNC(=O)CSCCNC(=O)OCC1c2ccccc2-c2ccccc21)CCC(=O)O. The summed E-state index contributed by atoms with van der Waals surface area (Å²) in [5.41, 5.74) is 4.73. The van der Waals surface area contributed by atoms with E-state index < -0.39 is 12.1 Å². The van der Waals surface area contributed by atoms with E-state index in [2.05, 4.69) is 34.9 Å². The van der Waals surface area contributed by atoms with Gasteiger partial charge in [-0.1, -0.05) is 55.5 Å². The Hall–Kier alpha value is -3.00. The number of fused-ring (bicyclic) bond motifs is 3. The number of carboxylic acid groups (broad SMARTS) is 1. The Kier molecular flexibility index (Phi) is 9.82. The van der Waals surface area contributed by atoms with Crippen molar-refractivity contribution < 1.29 is 24.2 Å². The fourth-order valence-corrected chi connectivity index (χ4v) is 4.74. The first-order valence-corrected chi connectivity index (χ1v) is 12.8. The van der Waals surface area contributed by atoms with Crippen LogP contribution in [0.15, 0.2) is 48.5 Å². The lowest BCUT2D eigenvalue weighted by Crippen LogP contribution is -2.29. The lowest BCUT2D eigenvalue weighted by molar-refractivity contribution is -0.137. The van der Waals surface area contributed by atoms with Gasteiger partial charge >= 0.3 is 12.1 Å². The van der Waals surface area contributed by atoms with Crippen LogP contribution in [0.4, 0.5) is 4.79 Å². The molecule has 0 heterocycles. The minimum atomic E-state index is -0.793. The Morgan fingerprint density at radius 3 is 2.26 bits per heavy atom. The van der Waals surface area contributed by atoms with Gasteiger partial charge in [0.15, 0.2) is 0 Å². The summed E-state index contributed by atoms with van der Waals surface area (Å²) < 4.78 is 5.50. The Balaban J connectivity index is 1.28. The molecule has 1 aliphatic rings. The average Bonchev–Trinajstić information content (AvgIpc) is 3.15. The van der Waals surface area contributed by atoms with Crippen molar-refractivity contribution in [1.29, 1.82) is 0 Å². The molecule has 1 unspecified atom stereocenters. The number of hydrogen-bond acceptors (Lipinski definition) is 5. The van der Waals surface area contributed by atoms with Crippen molar-refractivity contribution in [2.24, 2.45) is 5.92 Å². The molecule has 2 aromatic rings. The second kappa shape index (κ2) is 13.0. The predicted molar refractivity (Wildman–Crippen MR) is 134 cm³/mol. The standard InChI is InChI=1S/C26H32N2O5S/c1-18(10-11-25(30)31)12-13-27-24(29)17-34-15-14-28-26(32)33-16-23-21-8-4-2-6-19(21)20-7-3-5-9-22(20)23/h2-9,18,23H,10-17H2,1H3,(H,27,29)(H,28,32)(H,30,31). The number of alkyl carbamates (subject to hydrolysis) is 1. The molecule has 0 spiro atoms. The van der Waals surface area contributed by atoms with Crippen molar-refractivity contribution in [3.8, 4) is 11.1 Å². The lowest BCUT2D eigenvalue weighted by atomic mass is 9.98. The molecule has 0 fully saturated rings. The lowest BCUT2D eigenvalue weighted by Gasteiger charge is -2.14. The molecule has 0 saturated heterocycles. The van der Waals surface area contributed by atoms with E-state index in [0.717, 1.165) is 6.42 Å². The van der Waals surface area contributed by atoms with Gasteiger partial charge in [0.2, 0.25) is 5.91 Å². The van der Waals surface area contributed by atoms with Crippen molar-refractivity contribution in [1.82, 2.24) is 10.6 Å². The van der Waals surface area contributed by atoms with Crippen LogP contribution in [-0.4, -0.2) is 54.3 Å². The molecular weight excluding hydrogens is 452 g/mol. The van der Waals surface area contributed by atoms with Crippen LogP contribution in [0, 0.1) is 5.92 Å². The summed E-state index contributed by atoms with van der Waals surface area (Å²) in [6.45, 7) is 3.22. The predicted octanol–water partition coefficient (Wildman–Crippen LogP) is 4.27. The van der Waals surface area contributed by atoms with E-state index >= 15 is 0 Å². The van der Waals surface area contributed by atoms with Crippen LogP contribution in [0.5, 0.6) is 0 Å². The summed E-state index contributed by atoms with van der Waals surface area (Å²) in [4.78, 5) is 34.6. The molecule has 0 saturated carbocycles. The van der Waals surface area contributed by atoms with Gasteiger partial charge in [0.1, 0.15) is 6.61 Å². The molecular formula is C26H32N2O5S. The number of aliphatic carboxylic acids is 1. The number of thioether (sulfide) groups is 1. The Labute approximate surface area is 204 Å². The summed E-state index contributed by atoms with van der Waals surface area (Å²) in [6.07, 6.45) is 1.07. The number of rotatable bonds is 13. The van der Waals surface area contributed by atoms with Gasteiger partial charge in [-0.3, -0.25) is 9.59 Å². The van der Waals surface area contributed by atoms with Crippen molar-refractivity contribution in [3.05, 3.63) is 59.7 Å². The van der Waals surface area contributed by atoms with E-state index in [9.17, 15) is 14.4 Å². The van der Waals surface area contributed by atoms with E-state index in [1.54, 1.807) is 0 Å². The van der Waals surface area contributed by atoms with E-state index in [-0.39, 0.29) is 30.8 Å². The minimum absolute atomic E-state index is 0.0306. The summed E-state index contributed by atoms with van der Waals surface area (Å²) in [6, 6.07) is 16.4. The molecule has 8 heteroatoms. The van der Waals surface area contributed by atoms with Crippen molar-refractivity contribution in [3.63, 3.8) is 0 Å². The van der Waals surface area contributed by atoms with E-state index in [0.29, 0.717) is 31.0 Å². The molecule has 182 valence electrons. The third-order valence-corrected chi connectivity index (χ3v) is 6.86. The fraction of sp³-hybridized carbons (Fsp3) is 0.423. The second-order valence-electron chi connectivity index (χ2n) is 8.48. The molecule has 0 radical (unpaired) electrons. The van der Waals surface area contributed by atoms with Gasteiger partial charge in [-0.15, -0.1) is 0 Å². The maximum Gasteiger partial charge on any atom is 0.407 e. The largest absolute Gasteiger partial charge is 0.481 e. The normalized spacial score (nSPS) is 13.0. The van der Waals surface area contributed by atoms with Crippen LogP contribution in [0.3, 0.4) is 0 Å². The summed E-state index contributed by atoms with van der Waals surface area (Å²) >= 11 is 1.44. The molecule has 2 amide bonds. The van der Waals surface area contributed by atoms with Gasteiger partial charge in [0, 0.05) is 31.2 Å².